The monoisotopic (exact) mass is 317 g/mol. The Morgan fingerprint density at radius 1 is 1.33 bits per heavy atom. The Balaban J connectivity index is 2.24. The zero-order valence-corrected chi connectivity index (χ0v) is 11.4. The van der Waals surface area contributed by atoms with Crippen LogP contribution in [0.25, 0.3) is 0 Å². The molecule has 1 N–H and O–H groups in total. The maximum atomic E-state index is 12.9. The Hall–Kier alpha value is -2.03. The summed E-state index contributed by atoms with van der Waals surface area (Å²) in [5, 5.41) is 16.2. The highest BCUT2D eigenvalue weighted by atomic mass is 32.2. The first kappa shape index (κ1) is 15.4. The van der Waals surface area contributed by atoms with Crippen molar-refractivity contribution >= 4 is 17.7 Å². The van der Waals surface area contributed by atoms with Crippen molar-refractivity contribution in [3.8, 4) is 0 Å². The second kappa shape index (κ2) is 6.17. The van der Waals surface area contributed by atoms with Gasteiger partial charge in [0.05, 0.1) is 17.9 Å². The number of carboxylic acids is 1. The van der Waals surface area contributed by atoms with E-state index in [0.29, 0.717) is 0 Å². The lowest BCUT2D eigenvalue weighted by atomic mass is 10.1. The third kappa shape index (κ3) is 3.97. The van der Waals surface area contributed by atoms with Crippen molar-refractivity contribution in [2.24, 2.45) is 0 Å². The van der Waals surface area contributed by atoms with Gasteiger partial charge < -0.3 is 9.67 Å². The fourth-order valence-corrected chi connectivity index (χ4v) is 2.34. The van der Waals surface area contributed by atoms with Crippen LogP contribution in [0.5, 0.6) is 0 Å². The van der Waals surface area contributed by atoms with Gasteiger partial charge in [0.15, 0.2) is 5.16 Å². The van der Waals surface area contributed by atoms with Crippen molar-refractivity contribution in [1.29, 1.82) is 0 Å². The van der Waals surface area contributed by atoms with Crippen LogP contribution in [-0.2, 0) is 17.5 Å². The van der Waals surface area contributed by atoms with Gasteiger partial charge in [-0.3, -0.25) is 4.79 Å². The van der Waals surface area contributed by atoms with Crippen LogP contribution >= 0.6 is 11.8 Å². The highest BCUT2D eigenvalue weighted by Gasteiger charge is 2.33. The van der Waals surface area contributed by atoms with Gasteiger partial charge in [-0.05, 0) is 11.6 Å². The third-order valence-electron chi connectivity index (χ3n) is 2.57. The zero-order chi connectivity index (χ0) is 15.5. The highest BCUT2D eigenvalue weighted by molar-refractivity contribution is 7.99. The van der Waals surface area contributed by atoms with Crippen molar-refractivity contribution in [3.05, 3.63) is 41.7 Å². The fraction of sp³-hybridized carbons (Fsp3) is 0.250. The Kier molecular flexibility index (Phi) is 4.51. The van der Waals surface area contributed by atoms with Crippen molar-refractivity contribution < 1.29 is 23.1 Å². The standard InChI is InChI=1S/C12H10F3N3O2S/c13-12(14,15)9-4-2-1-3-8(9)5-18-7-16-17-11(18)21-6-10(19)20/h1-4,7H,5-6H2,(H,19,20). The molecule has 0 spiro atoms. The lowest BCUT2D eigenvalue weighted by Crippen LogP contribution is -2.12. The van der Waals surface area contributed by atoms with Crippen molar-refractivity contribution in [2.75, 3.05) is 5.75 Å². The minimum Gasteiger partial charge on any atom is -0.481 e. The molecule has 0 aliphatic heterocycles. The molecular formula is C12H10F3N3O2S. The van der Waals surface area contributed by atoms with Crippen LogP contribution in [0.4, 0.5) is 13.2 Å². The summed E-state index contributed by atoms with van der Waals surface area (Å²) in [6, 6.07) is 5.20. The molecule has 2 aromatic rings. The first-order chi connectivity index (χ1) is 9.88. The molecule has 0 bridgehead atoms. The van der Waals surface area contributed by atoms with Gasteiger partial charge >= 0.3 is 12.1 Å². The predicted molar refractivity (Wildman–Crippen MR) is 68.9 cm³/mol. The summed E-state index contributed by atoms with van der Waals surface area (Å²) >= 11 is 0.903. The lowest BCUT2D eigenvalue weighted by Gasteiger charge is -2.13. The third-order valence-corrected chi connectivity index (χ3v) is 3.53. The number of aromatic nitrogens is 3. The van der Waals surface area contributed by atoms with E-state index in [9.17, 15) is 18.0 Å². The Bertz CT molecular complexity index is 643. The molecule has 0 unspecified atom stereocenters. The number of carbonyl (C=O) groups is 1. The largest absolute Gasteiger partial charge is 0.481 e. The van der Waals surface area contributed by atoms with Gasteiger partial charge in [-0.15, -0.1) is 10.2 Å². The summed E-state index contributed by atoms with van der Waals surface area (Å²) in [5.41, 5.74) is -0.658. The molecule has 1 aromatic carbocycles. The summed E-state index contributed by atoms with van der Waals surface area (Å²) in [6.45, 7) is -0.0787. The molecule has 112 valence electrons. The Labute approximate surface area is 121 Å². The van der Waals surface area contributed by atoms with Crippen LogP contribution in [0.1, 0.15) is 11.1 Å². The number of benzene rings is 1. The van der Waals surface area contributed by atoms with Crippen LogP contribution in [0.3, 0.4) is 0 Å². The average molecular weight is 317 g/mol. The molecule has 0 aliphatic carbocycles. The number of hydrogen-bond acceptors (Lipinski definition) is 4. The maximum Gasteiger partial charge on any atom is 0.416 e. The SMILES string of the molecule is O=C(O)CSc1nncn1Cc1ccccc1C(F)(F)F. The van der Waals surface area contributed by atoms with E-state index in [1.165, 1.54) is 29.1 Å². The number of thioether (sulfide) groups is 1. The van der Waals surface area contributed by atoms with Gasteiger partial charge in [-0.25, -0.2) is 0 Å². The van der Waals surface area contributed by atoms with Gasteiger partial charge in [0.2, 0.25) is 0 Å². The number of halogens is 3. The fourth-order valence-electron chi connectivity index (χ4n) is 1.71. The summed E-state index contributed by atoms with van der Waals surface area (Å²) in [4.78, 5) is 10.5. The molecule has 0 atom stereocenters. The second-order valence-electron chi connectivity index (χ2n) is 4.08. The van der Waals surface area contributed by atoms with E-state index >= 15 is 0 Å². The van der Waals surface area contributed by atoms with E-state index in [1.807, 2.05) is 0 Å². The Morgan fingerprint density at radius 2 is 2.05 bits per heavy atom. The number of aliphatic carboxylic acids is 1. The summed E-state index contributed by atoms with van der Waals surface area (Å²) in [6.07, 6.45) is -3.17. The van der Waals surface area contributed by atoms with E-state index < -0.39 is 17.7 Å². The minimum absolute atomic E-state index is 0.0713. The van der Waals surface area contributed by atoms with Crippen LogP contribution in [-0.4, -0.2) is 31.6 Å². The van der Waals surface area contributed by atoms with E-state index in [1.54, 1.807) is 0 Å². The number of nitrogens with zero attached hydrogens (tertiary/aromatic N) is 3. The molecule has 9 heteroatoms. The van der Waals surface area contributed by atoms with Crippen LogP contribution < -0.4 is 0 Å². The minimum atomic E-state index is -4.45. The number of rotatable bonds is 5. The highest BCUT2D eigenvalue weighted by Crippen LogP contribution is 2.32. The van der Waals surface area contributed by atoms with Crippen molar-refractivity contribution in [3.63, 3.8) is 0 Å². The maximum absolute atomic E-state index is 12.9. The number of hydrogen-bond donors (Lipinski definition) is 1. The number of carboxylic acid groups (broad SMARTS) is 1. The van der Waals surface area contributed by atoms with Crippen LogP contribution in [0.15, 0.2) is 35.7 Å². The molecule has 0 saturated heterocycles. The van der Waals surface area contributed by atoms with Gasteiger partial charge in [0, 0.05) is 0 Å². The first-order valence-electron chi connectivity index (χ1n) is 5.75. The summed E-state index contributed by atoms with van der Waals surface area (Å²) in [5.74, 6) is -1.27. The van der Waals surface area contributed by atoms with Gasteiger partial charge in [0.1, 0.15) is 6.33 Å². The van der Waals surface area contributed by atoms with Gasteiger partial charge in [-0.2, -0.15) is 13.2 Å². The average Bonchev–Trinajstić information content (AvgIpc) is 2.83. The molecular weight excluding hydrogens is 307 g/mol. The van der Waals surface area contributed by atoms with Gasteiger partial charge in [-0.1, -0.05) is 30.0 Å². The van der Waals surface area contributed by atoms with E-state index in [4.69, 9.17) is 5.11 Å². The summed E-state index contributed by atoms with van der Waals surface area (Å²) < 4.78 is 40.1. The van der Waals surface area contributed by atoms with E-state index in [0.717, 1.165) is 17.8 Å². The van der Waals surface area contributed by atoms with E-state index in [-0.39, 0.29) is 23.0 Å². The molecule has 0 fully saturated rings. The molecule has 1 heterocycles. The molecule has 5 nitrogen and oxygen atoms in total. The van der Waals surface area contributed by atoms with Crippen molar-refractivity contribution in [2.45, 2.75) is 17.9 Å². The van der Waals surface area contributed by atoms with E-state index in [2.05, 4.69) is 10.2 Å². The molecule has 1 aromatic heterocycles. The topological polar surface area (TPSA) is 68.0 Å². The quantitative estimate of drug-likeness (QED) is 0.858. The lowest BCUT2D eigenvalue weighted by molar-refractivity contribution is -0.138. The first-order valence-corrected chi connectivity index (χ1v) is 6.74. The second-order valence-corrected chi connectivity index (χ2v) is 5.02. The molecule has 2 rings (SSSR count). The van der Waals surface area contributed by atoms with Crippen molar-refractivity contribution in [1.82, 2.24) is 14.8 Å². The molecule has 0 saturated carbocycles. The smallest absolute Gasteiger partial charge is 0.416 e. The number of alkyl halides is 3. The predicted octanol–water partition coefficient (Wildman–Crippen LogP) is 2.52. The molecule has 0 radical (unpaired) electrons. The van der Waals surface area contributed by atoms with Crippen LogP contribution in [0.2, 0.25) is 0 Å². The zero-order valence-electron chi connectivity index (χ0n) is 10.5. The molecule has 0 aliphatic rings. The van der Waals surface area contributed by atoms with Crippen LogP contribution in [0, 0.1) is 0 Å². The van der Waals surface area contributed by atoms with Gasteiger partial charge in [0.25, 0.3) is 0 Å². The molecule has 0 amide bonds. The summed E-state index contributed by atoms with van der Waals surface area (Å²) in [7, 11) is 0. The molecule has 21 heavy (non-hydrogen) atoms. The normalized spacial score (nSPS) is 11.6. The Morgan fingerprint density at radius 3 is 2.71 bits per heavy atom.